The monoisotopic (exact) mass is 647 g/mol. The van der Waals surface area contributed by atoms with Crippen LogP contribution in [0.5, 0.6) is 0 Å². The summed E-state index contributed by atoms with van der Waals surface area (Å²) in [6, 6.07) is 12.5. The first kappa shape index (κ1) is 31.6. The van der Waals surface area contributed by atoms with Gasteiger partial charge in [0.05, 0.1) is 11.4 Å². The highest BCUT2D eigenvalue weighted by Gasteiger charge is 2.37. The molecule has 3 aromatic rings. The first-order chi connectivity index (χ1) is 21.5. The van der Waals surface area contributed by atoms with Crippen LogP contribution in [0.25, 0.3) is 0 Å². The van der Waals surface area contributed by atoms with E-state index >= 15 is 0 Å². The van der Waals surface area contributed by atoms with Crippen LogP contribution in [0.4, 0.5) is 40.7 Å². The normalized spacial score (nSPS) is 18.6. The van der Waals surface area contributed by atoms with Gasteiger partial charge in [0.15, 0.2) is 0 Å². The van der Waals surface area contributed by atoms with E-state index in [9.17, 15) is 26.0 Å². The molecular weight excluding hydrogens is 610 g/mol. The molecule has 1 N–H and O–H groups in total. The number of nitrogens with one attached hydrogen (secondary N) is 1. The zero-order chi connectivity index (χ0) is 31.6. The summed E-state index contributed by atoms with van der Waals surface area (Å²) in [4.78, 5) is 14.7. The second-order valence-electron chi connectivity index (χ2n) is 11.8. The van der Waals surface area contributed by atoms with Crippen LogP contribution < -0.4 is 10.2 Å². The van der Waals surface area contributed by atoms with E-state index in [0.29, 0.717) is 56.4 Å². The third-order valence-corrected chi connectivity index (χ3v) is 10.7. The predicted octanol–water partition coefficient (Wildman–Crippen LogP) is 5.17. The summed E-state index contributed by atoms with van der Waals surface area (Å²) in [7, 11) is -3.91. The Hall–Kier alpha value is -3.33. The Morgan fingerprint density at radius 2 is 1.67 bits per heavy atom. The summed E-state index contributed by atoms with van der Waals surface area (Å²) in [6.07, 6.45) is 0.902. The van der Waals surface area contributed by atoms with Gasteiger partial charge in [-0.25, -0.2) is 17.8 Å². The number of anilines is 4. The molecule has 242 valence electrons. The van der Waals surface area contributed by atoms with Gasteiger partial charge in [-0.2, -0.15) is 22.5 Å². The molecule has 45 heavy (non-hydrogen) atoms. The average Bonchev–Trinajstić information content (AvgIpc) is 3.68. The maximum atomic E-state index is 14.0. The van der Waals surface area contributed by atoms with E-state index in [1.54, 1.807) is 30.5 Å². The minimum atomic E-state index is -4.28. The van der Waals surface area contributed by atoms with Crippen molar-refractivity contribution >= 4 is 33.2 Å². The number of halogens is 4. The van der Waals surface area contributed by atoms with Gasteiger partial charge in [-0.05, 0) is 99.3 Å². The van der Waals surface area contributed by atoms with Crippen LogP contribution in [0.2, 0.25) is 0 Å². The van der Waals surface area contributed by atoms with Crippen molar-refractivity contribution in [2.45, 2.75) is 49.2 Å². The number of rotatable bonds is 10. The van der Waals surface area contributed by atoms with Crippen LogP contribution in [0.1, 0.15) is 31.2 Å². The molecule has 3 aliphatic heterocycles. The largest absolute Gasteiger partial charge is 0.401 e. The van der Waals surface area contributed by atoms with Gasteiger partial charge in [-0.3, -0.25) is 4.90 Å². The van der Waals surface area contributed by atoms with Gasteiger partial charge in [0.1, 0.15) is 11.6 Å². The molecule has 1 aromatic heterocycles. The molecule has 0 bridgehead atoms. The molecule has 2 saturated heterocycles. The zero-order valence-corrected chi connectivity index (χ0v) is 25.7. The summed E-state index contributed by atoms with van der Waals surface area (Å²) in [5.74, 6) is 0.718. The molecule has 2 fully saturated rings. The van der Waals surface area contributed by atoms with Gasteiger partial charge in [0.2, 0.25) is 16.0 Å². The minimum absolute atomic E-state index is 0.128. The number of likely N-dealkylation sites (tertiary alicyclic amines) is 2. The molecule has 9 nitrogen and oxygen atoms in total. The molecular formula is C31H37F4N7O2S. The number of hydrogen-bond acceptors (Lipinski definition) is 8. The molecule has 6 rings (SSSR count). The highest BCUT2D eigenvalue weighted by molar-refractivity contribution is 7.89. The molecule has 0 saturated carbocycles. The van der Waals surface area contributed by atoms with Crippen molar-refractivity contribution in [1.82, 2.24) is 24.1 Å². The van der Waals surface area contributed by atoms with Crippen LogP contribution in [0.15, 0.2) is 59.6 Å². The van der Waals surface area contributed by atoms with Crippen molar-refractivity contribution < 1.29 is 26.0 Å². The van der Waals surface area contributed by atoms with Crippen LogP contribution in [-0.2, 0) is 16.4 Å². The molecule has 2 aromatic carbocycles. The maximum Gasteiger partial charge on any atom is 0.401 e. The lowest BCUT2D eigenvalue weighted by Gasteiger charge is -2.38. The predicted molar refractivity (Wildman–Crippen MR) is 164 cm³/mol. The Morgan fingerprint density at radius 1 is 0.933 bits per heavy atom. The van der Waals surface area contributed by atoms with Gasteiger partial charge in [0, 0.05) is 56.3 Å². The highest BCUT2D eigenvalue weighted by atomic mass is 32.2. The second-order valence-corrected chi connectivity index (χ2v) is 13.7. The van der Waals surface area contributed by atoms with Crippen molar-refractivity contribution in [3.63, 3.8) is 0 Å². The van der Waals surface area contributed by atoms with Gasteiger partial charge in [0.25, 0.3) is 0 Å². The number of fused-ring (bicyclic) bond motifs is 1. The minimum Gasteiger partial charge on any atom is -0.326 e. The number of piperidine rings is 1. The van der Waals surface area contributed by atoms with E-state index in [1.165, 1.54) is 33.5 Å². The number of sulfonamides is 1. The number of hydrogen-bond donors (Lipinski definition) is 1. The summed E-state index contributed by atoms with van der Waals surface area (Å²) in [5, 5.41) is 3.14. The Labute approximate surface area is 260 Å². The van der Waals surface area contributed by atoms with E-state index in [2.05, 4.69) is 20.2 Å². The molecule has 0 unspecified atom stereocenters. The van der Waals surface area contributed by atoms with Gasteiger partial charge in [-0.15, -0.1) is 0 Å². The second kappa shape index (κ2) is 13.2. The van der Waals surface area contributed by atoms with Gasteiger partial charge >= 0.3 is 6.18 Å². The van der Waals surface area contributed by atoms with Crippen molar-refractivity contribution in [2.75, 3.05) is 62.6 Å². The van der Waals surface area contributed by atoms with E-state index in [-0.39, 0.29) is 29.8 Å². The quantitative estimate of drug-likeness (QED) is 0.302. The number of alkyl halides is 3. The van der Waals surface area contributed by atoms with Crippen molar-refractivity contribution in [1.29, 1.82) is 0 Å². The third-order valence-electron chi connectivity index (χ3n) is 8.77. The van der Waals surface area contributed by atoms with E-state index < -0.39 is 22.7 Å². The number of nitrogens with zero attached hydrogens (tertiary/aromatic N) is 6. The SMILES string of the molecule is O=S(=O)(c1ccc(Nc2nccc(N3CCc4cc(F)ccc43)n2)cc1)N(CCN1CCCC1)C1CCN(CC(F)(F)F)CC1. The Morgan fingerprint density at radius 3 is 2.38 bits per heavy atom. The lowest BCUT2D eigenvalue weighted by Crippen LogP contribution is -2.50. The molecule has 0 atom stereocenters. The van der Waals surface area contributed by atoms with E-state index in [4.69, 9.17) is 0 Å². The fourth-order valence-electron chi connectivity index (χ4n) is 6.51. The molecule has 0 spiro atoms. The molecule has 0 amide bonds. The fourth-order valence-corrected chi connectivity index (χ4v) is 8.18. The van der Waals surface area contributed by atoms with Crippen LogP contribution in [0.3, 0.4) is 0 Å². The first-order valence-electron chi connectivity index (χ1n) is 15.3. The lowest BCUT2D eigenvalue weighted by molar-refractivity contribution is -0.148. The lowest BCUT2D eigenvalue weighted by atomic mass is 10.1. The summed E-state index contributed by atoms with van der Waals surface area (Å²) in [5.41, 5.74) is 2.41. The van der Waals surface area contributed by atoms with Crippen molar-refractivity contribution in [3.05, 3.63) is 66.1 Å². The van der Waals surface area contributed by atoms with E-state index in [1.807, 2.05) is 4.90 Å². The summed E-state index contributed by atoms with van der Waals surface area (Å²) < 4.78 is 82.0. The van der Waals surface area contributed by atoms with Crippen molar-refractivity contribution in [2.24, 2.45) is 0 Å². The van der Waals surface area contributed by atoms with E-state index in [0.717, 1.165) is 37.2 Å². The topological polar surface area (TPSA) is 84.9 Å². The van der Waals surface area contributed by atoms with Gasteiger partial charge < -0.3 is 15.1 Å². The third kappa shape index (κ3) is 7.56. The molecule has 0 aliphatic carbocycles. The number of benzene rings is 2. The molecule has 4 heterocycles. The maximum absolute atomic E-state index is 14.0. The molecule has 3 aliphatic rings. The van der Waals surface area contributed by atoms with Crippen LogP contribution in [0, 0.1) is 5.82 Å². The fraction of sp³-hybridized carbons (Fsp3) is 0.484. The Bertz CT molecular complexity index is 1580. The molecule has 14 heteroatoms. The first-order valence-corrected chi connectivity index (χ1v) is 16.8. The highest BCUT2D eigenvalue weighted by Crippen LogP contribution is 2.34. The average molecular weight is 648 g/mol. The summed E-state index contributed by atoms with van der Waals surface area (Å²) in [6.45, 7) is 2.80. The Kier molecular flexibility index (Phi) is 9.27. The van der Waals surface area contributed by atoms with Crippen LogP contribution >= 0.6 is 0 Å². The number of aromatic nitrogens is 2. The van der Waals surface area contributed by atoms with Crippen LogP contribution in [-0.4, -0.2) is 97.1 Å². The zero-order valence-electron chi connectivity index (χ0n) is 24.9. The Balaban J connectivity index is 1.15. The van der Waals surface area contributed by atoms with Gasteiger partial charge in [-0.1, -0.05) is 0 Å². The standard InChI is InChI=1S/C31H37F4N7O2S/c32-24-3-8-28-23(21-24)10-18-41(28)29-9-13-36-30(38-29)37-25-4-6-27(7-5-25)45(43,44)42(20-19-39-14-1-2-15-39)26-11-16-40(17-12-26)22-31(33,34)35/h3-9,13,21,26H,1-2,10-12,14-20,22H2,(H,36,37,38). The summed E-state index contributed by atoms with van der Waals surface area (Å²) >= 11 is 0. The van der Waals surface area contributed by atoms with Crippen molar-refractivity contribution in [3.8, 4) is 0 Å². The molecule has 0 radical (unpaired) electrons. The smallest absolute Gasteiger partial charge is 0.326 e.